The molecule has 0 unspecified atom stereocenters. The Bertz CT molecular complexity index is 1350. The molecular weight excluding hydrogens is 498 g/mol. The van der Waals surface area contributed by atoms with E-state index in [1.54, 1.807) is 22.8 Å². The Morgan fingerprint density at radius 3 is 2.53 bits per heavy atom. The van der Waals surface area contributed by atoms with Gasteiger partial charge < -0.3 is 15.1 Å². The van der Waals surface area contributed by atoms with Gasteiger partial charge >= 0.3 is 0 Å². The van der Waals surface area contributed by atoms with Gasteiger partial charge in [0, 0.05) is 41.5 Å². The summed E-state index contributed by atoms with van der Waals surface area (Å²) in [5.41, 5.74) is 2.40. The molecule has 0 spiro atoms. The minimum atomic E-state index is -0.632. The fraction of sp³-hybridized carbons (Fsp3) is 0.387. The molecule has 1 heterocycles. The van der Waals surface area contributed by atoms with Crippen LogP contribution in [0.4, 0.5) is 5.69 Å². The van der Waals surface area contributed by atoms with Crippen molar-refractivity contribution in [3.8, 4) is 0 Å². The predicted octanol–water partition coefficient (Wildman–Crippen LogP) is 6.10. The zero-order chi connectivity index (χ0) is 26.6. The molecule has 3 amide bonds. The molecule has 1 atom stereocenters. The Balaban J connectivity index is 1.27. The van der Waals surface area contributed by atoms with Crippen LogP contribution in [0.2, 0.25) is 5.02 Å². The van der Waals surface area contributed by atoms with Crippen molar-refractivity contribution in [1.82, 2.24) is 10.2 Å². The molecule has 1 fully saturated rings. The van der Waals surface area contributed by atoms with Gasteiger partial charge in [0.15, 0.2) is 0 Å². The Labute approximate surface area is 228 Å². The summed E-state index contributed by atoms with van der Waals surface area (Å²) in [6.07, 6.45) is 6.12. The molecule has 3 aromatic rings. The predicted molar refractivity (Wildman–Crippen MR) is 151 cm³/mol. The standard InChI is InChI=1S/C31H34ClN3O3/c1-21(30(37)33-24-13-3-2-4-14-24)35(20-23-10-5-6-16-26(23)32)28(36)18-9-19-34-27-17-8-12-22-11-7-15-25(29(22)27)31(34)38/h5-8,10-12,15-17,21,24H,2-4,9,13-14,18-20H2,1H3,(H,33,37)/t21-/m1/s1. The van der Waals surface area contributed by atoms with Crippen LogP contribution < -0.4 is 10.2 Å². The molecule has 2 aliphatic rings. The summed E-state index contributed by atoms with van der Waals surface area (Å²) in [6, 6.07) is 18.6. The van der Waals surface area contributed by atoms with Crippen LogP contribution in [0.15, 0.2) is 60.7 Å². The fourth-order valence-electron chi connectivity index (χ4n) is 5.69. The molecule has 3 aromatic carbocycles. The number of hydrogen-bond donors (Lipinski definition) is 1. The molecule has 6 nitrogen and oxygen atoms in total. The van der Waals surface area contributed by atoms with Crippen LogP contribution in [0.1, 0.15) is 67.8 Å². The van der Waals surface area contributed by atoms with E-state index in [1.165, 1.54) is 6.42 Å². The Morgan fingerprint density at radius 1 is 1.03 bits per heavy atom. The number of carbonyl (C=O) groups is 3. The number of amides is 3. The minimum Gasteiger partial charge on any atom is -0.352 e. The molecule has 7 heteroatoms. The second-order valence-corrected chi connectivity index (χ2v) is 10.8. The highest BCUT2D eigenvalue weighted by atomic mass is 35.5. The largest absolute Gasteiger partial charge is 0.352 e. The maximum Gasteiger partial charge on any atom is 0.258 e. The van der Waals surface area contributed by atoms with Crippen LogP contribution in [-0.4, -0.2) is 41.2 Å². The van der Waals surface area contributed by atoms with Crippen molar-refractivity contribution >= 4 is 45.8 Å². The first-order valence-corrected chi connectivity index (χ1v) is 14.0. The van der Waals surface area contributed by atoms with Gasteiger partial charge in [0.05, 0.1) is 5.69 Å². The van der Waals surface area contributed by atoms with E-state index in [-0.39, 0.29) is 36.7 Å². The van der Waals surface area contributed by atoms with Gasteiger partial charge in [-0.15, -0.1) is 0 Å². The fourth-order valence-corrected chi connectivity index (χ4v) is 5.89. The summed E-state index contributed by atoms with van der Waals surface area (Å²) in [7, 11) is 0. The maximum atomic E-state index is 13.6. The lowest BCUT2D eigenvalue weighted by molar-refractivity contribution is -0.141. The number of benzene rings is 3. The van der Waals surface area contributed by atoms with E-state index in [9.17, 15) is 14.4 Å². The first kappa shape index (κ1) is 26.2. The van der Waals surface area contributed by atoms with Gasteiger partial charge in [0.2, 0.25) is 11.8 Å². The molecule has 5 rings (SSSR count). The topological polar surface area (TPSA) is 69.7 Å². The Morgan fingerprint density at radius 2 is 1.76 bits per heavy atom. The number of hydrogen-bond acceptors (Lipinski definition) is 3. The van der Waals surface area contributed by atoms with Gasteiger partial charge in [-0.05, 0) is 55.3 Å². The molecule has 1 aliphatic carbocycles. The van der Waals surface area contributed by atoms with E-state index in [0.29, 0.717) is 23.6 Å². The van der Waals surface area contributed by atoms with Gasteiger partial charge in [0.1, 0.15) is 6.04 Å². The van der Waals surface area contributed by atoms with Crippen molar-refractivity contribution in [2.75, 3.05) is 11.4 Å². The van der Waals surface area contributed by atoms with Crippen molar-refractivity contribution in [1.29, 1.82) is 0 Å². The lowest BCUT2D eigenvalue weighted by Crippen LogP contribution is -2.50. The highest BCUT2D eigenvalue weighted by Crippen LogP contribution is 2.37. The van der Waals surface area contributed by atoms with Crippen molar-refractivity contribution in [3.05, 3.63) is 76.8 Å². The van der Waals surface area contributed by atoms with Crippen molar-refractivity contribution in [3.63, 3.8) is 0 Å². The monoisotopic (exact) mass is 531 g/mol. The van der Waals surface area contributed by atoms with Crippen LogP contribution in [-0.2, 0) is 16.1 Å². The SMILES string of the molecule is C[C@H](C(=O)NC1CCCCC1)N(Cc1ccccc1Cl)C(=O)CCCN1C(=O)c2cccc3cccc1c23. The highest BCUT2D eigenvalue weighted by Gasteiger charge is 2.31. The molecule has 198 valence electrons. The molecule has 1 saturated carbocycles. The van der Waals surface area contributed by atoms with E-state index in [4.69, 9.17) is 11.6 Å². The molecule has 1 aliphatic heterocycles. The van der Waals surface area contributed by atoms with Gasteiger partial charge in [-0.2, -0.15) is 0 Å². The summed E-state index contributed by atoms with van der Waals surface area (Å²) >= 11 is 6.42. The smallest absolute Gasteiger partial charge is 0.258 e. The second kappa shape index (κ2) is 11.6. The van der Waals surface area contributed by atoms with Crippen LogP contribution in [0.5, 0.6) is 0 Å². The summed E-state index contributed by atoms with van der Waals surface area (Å²) < 4.78 is 0. The quantitative estimate of drug-likeness (QED) is 0.362. The minimum absolute atomic E-state index is 0.0302. The first-order valence-electron chi connectivity index (χ1n) is 13.6. The summed E-state index contributed by atoms with van der Waals surface area (Å²) in [4.78, 5) is 43.3. The lowest BCUT2D eigenvalue weighted by atomic mass is 9.95. The zero-order valence-corrected chi connectivity index (χ0v) is 22.5. The average molecular weight is 532 g/mol. The number of rotatable bonds is 9. The number of halogens is 1. The van der Waals surface area contributed by atoms with E-state index >= 15 is 0 Å². The van der Waals surface area contributed by atoms with Crippen molar-refractivity contribution in [2.45, 2.75) is 70.5 Å². The molecule has 0 saturated heterocycles. The number of nitrogens with one attached hydrogen (secondary N) is 1. The molecule has 0 bridgehead atoms. The number of anilines is 1. The summed E-state index contributed by atoms with van der Waals surface area (Å²) in [5.74, 6) is -0.287. The summed E-state index contributed by atoms with van der Waals surface area (Å²) in [6.45, 7) is 2.47. The first-order chi connectivity index (χ1) is 18.4. The third-order valence-electron chi connectivity index (χ3n) is 7.84. The van der Waals surface area contributed by atoms with Crippen molar-refractivity contribution in [2.24, 2.45) is 0 Å². The molecule has 38 heavy (non-hydrogen) atoms. The Hall–Kier alpha value is -3.38. The van der Waals surface area contributed by atoms with Crippen LogP contribution in [0.3, 0.4) is 0 Å². The maximum absolute atomic E-state index is 13.6. The molecule has 1 N–H and O–H groups in total. The number of carbonyl (C=O) groups excluding carboxylic acids is 3. The van der Waals surface area contributed by atoms with Crippen LogP contribution >= 0.6 is 11.6 Å². The lowest BCUT2D eigenvalue weighted by Gasteiger charge is -2.31. The summed E-state index contributed by atoms with van der Waals surface area (Å²) in [5, 5.41) is 5.74. The van der Waals surface area contributed by atoms with E-state index in [2.05, 4.69) is 5.32 Å². The van der Waals surface area contributed by atoms with E-state index in [0.717, 1.165) is 47.7 Å². The van der Waals surface area contributed by atoms with Crippen LogP contribution in [0.25, 0.3) is 10.8 Å². The van der Waals surface area contributed by atoms with E-state index < -0.39 is 6.04 Å². The van der Waals surface area contributed by atoms with E-state index in [1.807, 2.05) is 54.6 Å². The third-order valence-corrected chi connectivity index (χ3v) is 8.21. The van der Waals surface area contributed by atoms with Gasteiger partial charge in [-0.25, -0.2) is 0 Å². The third kappa shape index (κ3) is 5.41. The van der Waals surface area contributed by atoms with Gasteiger partial charge in [-0.1, -0.05) is 73.3 Å². The highest BCUT2D eigenvalue weighted by molar-refractivity contribution is 6.31. The normalized spacial score (nSPS) is 16.1. The molecular formula is C31H34ClN3O3. The van der Waals surface area contributed by atoms with Gasteiger partial charge in [0.25, 0.3) is 5.91 Å². The molecule has 0 aromatic heterocycles. The van der Waals surface area contributed by atoms with Gasteiger partial charge in [-0.3, -0.25) is 14.4 Å². The number of nitrogens with zero attached hydrogens (tertiary/aromatic N) is 2. The average Bonchev–Trinajstić information content (AvgIpc) is 3.21. The van der Waals surface area contributed by atoms with Crippen LogP contribution in [0, 0.1) is 0 Å². The van der Waals surface area contributed by atoms with Crippen molar-refractivity contribution < 1.29 is 14.4 Å². The molecule has 0 radical (unpaired) electrons. The zero-order valence-electron chi connectivity index (χ0n) is 21.8. The Kier molecular flexibility index (Phi) is 7.98. The second-order valence-electron chi connectivity index (χ2n) is 10.4.